The molecule has 1 heterocycles. The van der Waals surface area contributed by atoms with Gasteiger partial charge in [-0.25, -0.2) is 0 Å². The first-order valence-electron chi connectivity index (χ1n) is 10.5. The maximum absolute atomic E-state index is 13.2. The van der Waals surface area contributed by atoms with Crippen molar-refractivity contribution in [3.63, 3.8) is 0 Å². The van der Waals surface area contributed by atoms with E-state index < -0.39 is 0 Å². The van der Waals surface area contributed by atoms with E-state index >= 15 is 0 Å². The highest BCUT2D eigenvalue weighted by atomic mass is 16.1. The Bertz CT molecular complexity index is 740. The van der Waals surface area contributed by atoms with E-state index in [1.165, 1.54) is 44.1 Å². The smallest absolute Gasteiger partial charge is 0.194 e. The van der Waals surface area contributed by atoms with E-state index in [9.17, 15) is 4.79 Å². The second-order valence-electron chi connectivity index (χ2n) is 7.52. The van der Waals surface area contributed by atoms with E-state index in [1.54, 1.807) is 0 Å². The number of rotatable bonds is 11. The molecule has 0 amide bonds. The first-order chi connectivity index (χ1) is 12.6. The molecule has 0 aliphatic heterocycles. The second-order valence-corrected chi connectivity index (χ2v) is 7.52. The van der Waals surface area contributed by atoms with Crippen LogP contribution in [0.4, 0.5) is 0 Å². The van der Waals surface area contributed by atoms with E-state index in [0.717, 1.165) is 48.2 Å². The summed E-state index contributed by atoms with van der Waals surface area (Å²) in [6.45, 7) is 11.6. The molecule has 0 unspecified atom stereocenters. The van der Waals surface area contributed by atoms with Crippen LogP contribution in [0.15, 0.2) is 23.0 Å². The van der Waals surface area contributed by atoms with Crippen LogP contribution in [0.1, 0.15) is 76.1 Å². The van der Waals surface area contributed by atoms with Crippen molar-refractivity contribution in [1.29, 1.82) is 0 Å². The molecule has 26 heavy (non-hydrogen) atoms. The molecule has 1 aromatic heterocycles. The molecule has 3 nitrogen and oxygen atoms in total. The highest BCUT2D eigenvalue weighted by molar-refractivity contribution is 5.80. The third-order valence-corrected chi connectivity index (χ3v) is 5.23. The van der Waals surface area contributed by atoms with Gasteiger partial charge < -0.3 is 4.98 Å². The van der Waals surface area contributed by atoms with E-state index in [1.807, 2.05) is 6.92 Å². The van der Waals surface area contributed by atoms with Gasteiger partial charge in [-0.05, 0) is 63.4 Å². The van der Waals surface area contributed by atoms with Crippen LogP contribution in [-0.2, 0) is 13.0 Å². The molecule has 0 saturated carbocycles. The molecule has 0 spiro atoms. The number of pyridine rings is 1. The molecule has 1 N–H and O–H groups in total. The summed E-state index contributed by atoms with van der Waals surface area (Å²) >= 11 is 0. The number of H-pyrrole nitrogens is 1. The van der Waals surface area contributed by atoms with Gasteiger partial charge in [0.1, 0.15) is 0 Å². The predicted octanol–water partition coefficient (Wildman–Crippen LogP) is 5.58. The Morgan fingerprint density at radius 1 is 0.962 bits per heavy atom. The fourth-order valence-electron chi connectivity index (χ4n) is 3.48. The van der Waals surface area contributed by atoms with Gasteiger partial charge in [0.2, 0.25) is 0 Å². The van der Waals surface area contributed by atoms with Crippen molar-refractivity contribution in [3.8, 4) is 0 Å². The van der Waals surface area contributed by atoms with Crippen LogP contribution in [0.2, 0.25) is 0 Å². The van der Waals surface area contributed by atoms with Crippen LogP contribution in [0, 0.1) is 6.92 Å². The highest BCUT2D eigenvalue weighted by Gasteiger charge is 2.14. The molecule has 2 aromatic rings. The summed E-state index contributed by atoms with van der Waals surface area (Å²) in [6, 6.07) is 6.33. The van der Waals surface area contributed by atoms with E-state index in [-0.39, 0.29) is 5.43 Å². The molecule has 1 aromatic carbocycles. The Morgan fingerprint density at radius 2 is 1.62 bits per heavy atom. The monoisotopic (exact) mass is 356 g/mol. The average molecular weight is 357 g/mol. The minimum absolute atomic E-state index is 0.215. The van der Waals surface area contributed by atoms with E-state index in [4.69, 9.17) is 0 Å². The predicted molar refractivity (Wildman–Crippen MR) is 113 cm³/mol. The zero-order valence-electron chi connectivity index (χ0n) is 17.2. The molecule has 0 saturated heterocycles. The SMILES string of the molecule is CCCCc1ccc2[nH]c(C)c(CN(CCCC)CCCC)c(=O)c2c1. The van der Waals surface area contributed by atoms with Crippen LogP contribution in [0.25, 0.3) is 10.9 Å². The summed E-state index contributed by atoms with van der Waals surface area (Å²) in [5.74, 6) is 0. The summed E-state index contributed by atoms with van der Waals surface area (Å²) in [5.41, 5.74) is 4.41. The summed E-state index contributed by atoms with van der Waals surface area (Å²) < 4.78 is 0. The van der Waals surface area contributed by atoms with Gasteiger partial charge in [0.25, 0.3) is 0 Å². The van der Waals surface area contributed by atoms with E-state index in [2.05, 4.69) is 48.9 Å². The molecule has 0 radical (unpaired) electrons. The van der Waals surface area contributed by atoms with Gasteiger partial charge in [0, 0.05) is 28.7 Å². The third kappa shape index (κ3) is 5.44. The maximum atomic E-state index is 13.2. The Hall–Kier alpha value is -1.61. The third-order valence-electron chi connectivity index (χ3n) is 5.23. The lowest BCUT2D eigenvalue weighted by Gasteiger charge is -2.23. The van der Waals surface area contributed by atoms with Gasteiger partial charge in [0.15, 0.2) is 5.43 Å². The first-order valence-corrected chi connectivity index (χ1v) is 10.5. The van der Waals surface area contributed by atoms with Gasteiger partial charge >= 0.3 is 0 Å². The Morgan fingerprint density at radius 3 is 2.23 bits per heavy atom. The minimum Gasteiger partial charge on any atom is -0.358 e. The molecular weight excluding hydrogens is 320 g/mol. The lowest BCUT2D eigenvalue weighted by atomic mass is 10.0. The highest BCUT2D eigenvalue weighted by Crippen LogP contribution is 2.17. The fourth-order valence-corrected chi connectivity index (χ4v) is 3.48. The Kier molecular flexibility index (Phi) is 8.37. The van der Waals surface area contributed by atoms with Crippen molar-refractivity contribution >= 4 is 10.9 Å². The van der Waals surface area contributed by atoms with Crippen molar-refractivity contribution in [3.05, 3.63) is 45.2 Å². The maximum Gasteiger partial charge on any atom is 0.194 e. The molecule has 0 aliphatic carbocycles. The number of hydrogen-bond acceptors (Lipinski definition) is 2. The second kappa shape index (κ2) is 10.5. The molecule has 0 bridgehead atoms. The van der Waals surface area contributed by atoms with Crippen LogP contribution in [-0.4, -0.2) is 23.0 Å². The van der Waals surface area contributed by atoms with Gasteiger partial charge in [-0.3, -0.25) is 9.69 Å². The molecule has 144 valence electrons. The number of nitrogens with one attached hydrogen (secondary N) is 1. The van der Waals surface area contributed by atoms with Crippen molar-refractivity contribution in [2.75, 3.05) is 13.1 Å². The summed E-state index contributed by atoms with van der Waals surface area (Å²) in [5, 5.41) is 0.852. The Labute approximate surface area is 158 Å². The standard InChI is InChI=1S/C23H36N2O/c1-5-8-11-19-12-13-22-20(16-19)23(26)21(18(4)24-22)17-25(14-9-6-2)15-10-7-3/h12-13,16H,5-11,14-15,17H2,1-4H3,(H,24,26). The normalized spacial score (nSPS) is 11.6. The molecular formula is C23H36N2O. The largest absolute Gasteiger partial charge is 0.358 e. The van der Waals surface area contributed by atoms with Crippen LogP contribution in [0.5, 0.6) is 0 Å². The van der Waals surface area contributed by atoms with Crippen molar-refractivity contribution in [1.82, 2.24) is 9.88 Å². The van der Waals surface area contributed by atoms with Gasteiger partial charge in [0.05, 0.1) is 0 Å². The van der Waals surface area contributed by atoms with Crippen LogP contribution < -0.4 is 5.43 Å². The van der Waals surface area contributed by atoms with Crippen molar-refractivity contribution < 1.29 is 0 Å². The first kappa shape index (κ1) is 20.7. The van der Waals surface area contributed by atoms with Crippen LogP contribution >= 0.6 is 0 Å². The zero-order chi connectivity index (χ0) is 18.9. The summed E-state index contributed by atoms with van der Waals surface area (Å²) in [7, 11) is 0. The number of unbranched alkanes of at least 4 members (excludes halogenated alkanes) is 3. The van der Waals surface area contributed by atoms with Crippen molar-refractivity contribution in [2.45, 2.75) is 79.2 Å². The number of aromatic nitrogens is 1. The number of fused-ring (bicyclic) bond motifs is 1. The number of benzene rings is 1. The average Bonchev–Trinajstić information content (AvgIpc) is 2.65. The zero-order valence-corrected chi connectivity index (χ0v) is 17.2. The number of aryl methyl sites for hydroxylation is 2. The number of hydrogen-bond donors (Lipinski definition) is 1. The minimum atomic E-state index is 0.215. The fraction of sp³-hybridized carbons (Fsp3) is 0.609. The van der Waals surface area contributed by atoms with Gasteiger partial charge in [-0.15, -0.1) is 0 Å². The lowest BCUT2D eigenvalue weighted by molar-refractivity contribution is 0.256. The van der Waals surface area contributed by atoms with E-state index in [0.29, 0.717) is 0 Å². The Balaban J connectivity index is 2.33. The van der Waals surface area contributed by atoms with Gasteiger partial charge in [-0.1, -0.05) is 46.1 Å². The summed E-state index contributed by atoms with van der Waals surface area (Å²) in [6.07, 6.45) is 8.16. The quantitative estimate of drug-likeness (QED) is 0.570. The molecule has 0 atom stereocenters. The topological polar surface area (TPSA) is 36.1 Å². The molecule has 2 rings (SSSR count). The lowest BCUT2D eigenvalue weighted by Crippen LogP contribution is -2.29. The number of nitrogens with zero attached hydrogens (tertiary/aromatic N) is 1. The molecule has 0 fully saturated rings. The molecule has 0 aliphatic rings. The van der Waals surface area contributed by atoms with Gasteiger partial charge in [-0.2, -0.15) is 0 Å². The molecule has 3 heteroatoms. The number of aromatic amines is 1. The van der Waals surface area contributed by atoms with Crippen LogP contribution in [0.3, 0.4) is 0 Å². The summed E-state index contributed by atoms with van der Waals surface area (Å²) in [4.78, 5) is 19.1. The van der Waals surface area contributed by atoms with Crippen molar-refractivity contribution in [2.24, 2.45) is 0 Å².